The van der Waals surface area contributed by atoms with Crippen LogP contribution in [0.1, 0.15) is 37.9 Å². The van der Waals surface area contributed by atoms with Crippen LogP contribution >= 0.6 is 0 Å². The lowest BCUT2D eigenvalue weighted by molar-refractivity contribution is -0.307. The van der Waals surface area contributed by atoms with E-state index < -0.39 is 58.8 Å². The zero-order chi connectivity index (χ0) is 24.8. The molecule has 3 aromatic rings. The monoisotopic (exact) mass is 481 g/mol. The number of ether oxygens (including phenoxy) is 1. The number of rotatable bonds is 2. The van der Waals surface area contributed by atoms with Crippen LogP contribution in [-0.4, -0.2) is 33.5 Å². The minimum absolute atomic E-state index is 0.0473. The Morgan fingerprint density at radius 1 is 1.06 bits per heavy atom. The molecule has 0 saturated heterocycles. The zero-order valence-electron chi connectivity index (χ0n) is 18.1. The van der Waals surface area contributed by atoms with Crippen molar-refractivity contribution in [2.75, 3.05) is 6.61 Å². The van der Waals surface area contributed by atoms with Gasteiger partial charge in [-0.15, -0.1) is 0 Å². The average Bonchev–Trinajstić information content (AvgIpc) is 3.03. The number of benzene rings is 2. The number of carbonyl (C=O) groups is 1. The lowest BCUT2D eigenvalue weighted by Gasteiger charge is -2.57. The number of halogens is 5. The van der Waals surface area contributed by atoms with Crippen LogP contribution in [0.15, 0.2) is 36.4 Å². The van der Waals surface area contributed by atoms with Gasteiger partial charge in [-0.05, 0) is 30.3 Å². The summed E-state index contributed by atoms with van der Waals surface area (Å²) in [6.45, 7) is 3.50. The van der Waals surface area contributed by atoms with E-state index in [4.69, 9.17) is 4.74 Å². The summed E-state index contributed by atoms with van der Waals surface area (Å²) in [6, 6.07) is 7.24. The number of aliphatic carboxylic acids is 1. The van der Waals surface area contributed by atoms with Crippen LogP contribution in [0.2, 0.25) is 0 Å². The zero-order valence-corrected chi connectivity index (χ0v) is 18.1. The fourth-order valence-corrected chi connectivity index (χ4v) is 5.44. The maximum atomic E-state index is 14.4. The number of fused-ring (bicyclic) bond motifs is 4. The molecule has 1 spiro atoms. The molecule has 1 fully saturated rings. The summed E-state index contributed by atoms with van der Waals surface area (Å²) in [5.74, 6) is -3.80. The number of nitrogens with zero attached hydrogens (tertiary/aromatic N) is 1. The third-order valence-corrected chi connectivity index (χ3v) is 7.03. The largest absolute Gasteiger partial charge is 0.507 e. The Bertz CT molecular complexity index is 1330. The molecule has 180 valence electrons. The van der Waals surface area contributed by atoms with Crippen LogP contribution in [-0.2, 0) is 20.5 Å². The molecule has 2 aliphatic rings. The van der Waals surface area contributed by atoms with E-state index in [2.05, 4.69) is 0 Å². The minimum Gasteiger partial charge on any atom is -0.507 e. The molecular formula is C24H20F5NO4. The molecule has 1 aliphatic heterocycles. The number of hydrogen-bond acceptors (Lipinski definition) is 3. The number of alkyl halides is 3. The molecule has 0 bridgehead atoms. The van der Waals surface area contributed by atoms with Crippen molar-refractivity contribution in [3.63, 3.8) is 0 Å². The first kappa shape index (κ1) is 22.6. The Balaban J connectivity index is 1.85. The summed E-state index contributed by atoms with van der Waals surface area (Å²) < 4.78 is 77.1. The molecule has 2 heterocycles. The number of hydrogen-bond donors (Lipinski definition) is 2. The lowest BCUT2D eigenvalue weighted by Crippen LogP contribution is -2.64. The lowest BCUT2D eigenvalue weighted by atomic mass is 9.54. The molecule has 2 aromatic carbocycles. The van der Waals surface area contributed by atoms with E-state index in [1.807, 2.05) is 0 Å². The molecule has 5 nitrogen and oxygen atoms in total. The first-order valence-electron chi connectivity index (χ1n) is 10.5. The van der Waals surface area contributed by atoms with Gasteiger partial charge in [-0.1, -0.05) is 13.8 Å². The van der Waals surface area contributed by atoms with Gasteiger partial charge in [0.1, 0.15) is 17.4 Å². The third-order valence-electron chi connectivity index (χ3n) is 7.03. The topological polar surface area (TPSA) is 71.7 Å². The van der Waals surface area contributed by atoms with Crippen molar-refractivity contribution in [3.8, 4) is 11.4 Å². The van der Waals surface area contributed by atoms with E-state index in [0.29, 0.717) is 11.4 Å². The van der Waals surface area contributed by atoms with Gasteiger partial charge >= 0.3 is 12.1 Å². The van der Waals surface area contributed by atoms with Crippen molar-refractivity contribution in [2.45, 2.75) is 43.9 Å². The highest BCUT2D eigenvalue weighted by Gasteiger charge is 2.75. The maximum Gasteiger partial charge on any atom is 0.405 e. The number of phenols is 1. The van der Waals surface area contributed by atoms with Crippen LogP contribution in [0, 0.1) is 17.0 Å². The van der Waals surface area contributed by atoms with E-state index in [1.54, 1.807) is 18.4 Å². The quantitative estimate of drug-likeness (QED) is 0.472. The van der Waals surface area contributed by atoms with Crippen LogP contribution in [0.3, 0.4) is 0 Å². The highest BCUT2D eigenvalue weighted by atomic mass is 19.4. The average molecular weight is 481 g/mol. The number of aromatic hydroxyl groups is 1. The van der Waals surface area contributed by atoms with Gasteiger partial charge in [0.25, 0.3) is 0 Å². The highest BCUT2D eigenvalue weighted by Crippen LogP contribution is 2.67. The minimum atomic E-state index is -5.02. The second-order valence-corrected chi connectivity index (χ2v) is 9.76. The number of carboxylic acids is 1. The first-order chi connectivity index (χ1) is 15.7. The molecule has 1 aromatic heterocycles. The SMILES string of the molecule is CC1(C)COC2(CC(C(=O)O)(C(F)(F)F)C2)c2c1n(-c1ccc(F)cc1)c1cc(F)cc(O)c21. The summed E-state index contributed by atoms with van der Waals surface area (Å²) in [5, 5.41) is 20.3. The molecule has 0 amide bonds. The Labute approximate surface area is 190 Å². The van der Waals surface area contributed by atoms with Gasteiger partial charge in [0.05, 0.1) is 17.7 Å². The number of carboxylic acid groups (broad SMARTS) is 1. The normalized spacial score (nSPS) is 25.9. The van der Waals surface area contributed by atoms with Crippen molar-refractivity contribution in [2.24, 2.45) is 5.41 Å². The van der Waals surface area contributed by atoms with Crippen molar-refractivity contribution in [1.82, 2.24) is 4.57 Å². The predicted octanol–water partition coefficient (Wildman–Crippen LogP) is 5.54. The molecule has 0 radical (unpaired) electrons. The van der Waals surface area contributed by atoms with Crippen molar-refractivity contribution >= 4 is 16.9 Å². The summed E-state index contributed by atoms with van der Waals surface area (Å²) in [5.41, 5.74) is -4.28. The van der Waals surface area contributed by atoms with Crippen LogP contribution in [0.25, 0.3) is 16.6 Å². The van der Waals surface area contributed by atoms with Crippen molar-refractivity contribution in [1.29, 1.82) is 0 Å². The molecule has 5 rings (SSSR count). The third kappa shape index (κ3) is 2.84. The van der Waals surface area contributed by atoms with Gasteiger partial charge < -0.3 is 19.5 Å². The van der Waals surface area contributed by atoms with Gasteiger partial charge in [0.2, 0.25) is 0 Å². The van der Waals surface area contributed by atoms with Crippen LogP contribution < -0.4 is 0 Å². The summed E-state index contributed by atoms with van der Waals surface area (Å²) in [6.07, 6.45) is -6.80. The van der Waals surface area contributed by atoms with E-state index in [9.17, 15) is 37.0 Å². The number of aromatic nitrogens is 1. The van der Waals surface area contributed by atoms with Crippen LogP contribution in [0.5, 0.6) is 5.75 Å². The van der Waals surface area contributed by atoms with Crippen molar-refractivity contribution in [3.05, 3.63) is 59.3 Å². The summed E-state index contributed by atoms with van der Waals surface area (Å²) >= 11 is 0. The molecule has 10 heteroatoms. The summed E-state index contributed by atoms with van der Waals surface area (Å²) in [7, 11) is 0. The molecule has 2 N–H and O–H groups in total. The molecule has 0 unspecified atom stereocenters. The summed E-state index contributed by atoms with van der Waals surface area (Å²) in [4.78, 5) is 11.7. The van der Waals surface area contributed by atoms with Crippen molar-refractivity contribution < 1.29 is 41.7 Å². The van der Waals surface area contributed by atoms with Crippen LogP contribution in [0.4, 0.5) is 22.0 Å². The van der Waals surface area contributed by atoms with Gasteiger partial charge in [-0.25, -0.2) is 8.78 Å². The second kappa shape index (κ2) is 6.71. The van der Waals surface area contributed by atoms with E-state index >= 15 is 0 Å². The van der Waals surface area contributed by atoms with E-state index in [1.165, 1.54) is 24.3 Å². The molecule has 1 saturated carbocycles. The van der Waals surface area contributed by atoms with Gasteiger partial charge in [-0.2, -0.15) is 13.2 Å². The first-order valence-corrected chi connectivity index (χ1v) is 10.5. The molecular weight excluding hydrogens is 461 g/mol. The van der Waals surface area contributed by atoms with Gasteiger partial charge in [-0.3, -0.25) is 4.79 Å². The Hall–Kier alpha value is -3.14. The fourth-order valence-electron chi connectivity index (χ4n) is 5.44. The second-order valence-electron chi connectivity index (χ2n) is 9.76. The van der Waals surface area contributed by atoms with E-state index in [-0.39, 0.29) is 23.1 Å². The fraction of sp³-hybridized carbons (Fsp3) is 0.375. The standard InChI is InChI=1S/C24H20F5NO4/c1-21(2)11-34-23(9-22(10-23,20(32)33)24(27,28)29)18-17-15(7-13(26)8-16(17)31)30(19(18)21)14-5-3-12(25)4-6-14/h3-8,31H,9-11H2,1-2H3,(H,32,33). The molecule has 1 aliphatic carbocycles. The highest BCUT2D eigenvalue weighted by molar-refractivity contribution is 5.95. The Kier molecular flexibility index (Phi) is 4.47. The predicted molar refractivity (Wildman–Crippen MR) is 111 cm³/mol. The van der Waals surface area contributed by atoms with Gasteiger partial charge in [0, 0.05) is 46.7 Å². The Morgan fingerprint density at radius 3 is 2.24 bits per heavy atom. The smallest absolute Gasteiger partial charge is 0.405 e. The van der Waals surface area contributed by atoms with E-state index in [0.717, 1.165) is 12.1 Å². The Morgan fingerprint density at radius 2 is 1.68 bits per heavy atom. The maximum absolute atomic E-state index is 14.4. The molecule has 34 heavy (non-hydrogen) atoms. The molecule has 0 atom stereocenters. The number of phenolic OH excluding ortho intramolecular Hbond substituents is 1. The van der Waals surface area contributed by atoms with Gasteiger partial charge in [0.15, 0.2) is 5.41 Å².